The van der Waals surface area contributed by atoms with E-state index >= 15 is 0 Å². The predicted octanol–water partition coefficient (Wildman–Crippen LogP) is 3.39. The van der Waals surface area contributed by atoms with Crippen molar-refractivity contribution in [3.63, 3.8) is 0 Å². The third kappa shape index (κ3) is 3.75. The molecule has 4 rings (SSSR count). The van der Waals surface area contributed by atoms with Gasteiger partial charge in [0.05, 0.1) is 22.9 Å². The van der Waals surface area contributed by atoms with Gasteiger partial charge in [-0.3, -0.25) is 4.68 Å². The van der Waals surface area contributed by atoms with E-state index in [1.54, 1.807) is 15.6 Å². The lowest BCUT2D eigenvalue weighted by atomic mass is 10.2. The van der Waals surface area contributed by atoms with Gasteiger partial charge in [0.15, 0.2) is 0 Å². The van der Waals surface area contributed by atoms with Crippen molar-refractivity contribution in [3.8, 4) is 10.6 Å². The summed E-state index contributed by atoms with van der Waals surface area (Å²) in [6.07, 6.45) is 1.32. The van der Waals surface area contributed by atoms with Crippen molar-refractivity contribution in [2.75, 3.05) is 12.3 Å². The number of nitrogens with zero attached hydrogens (tertiary/aromatic N) is 3. The molecule has 0 amide bonds. The van der Waals surface area contributed by atoms with Crippen LogP contribution in [0.15, 0.2) is 53.9 Å². The first-order valence-corrected chi connectivity index (χ1v) is 11.2. The summed E-state index contributed by atoms with van der Waals surface area (Å²) >= 11 is 1.65. The normalized spacial score (nSPS) is 15.5. The molecule has 0 radical (unpaired) electrons. The summed E-state index contributed by atoms with van der Waals surface area (Å²) in [5.41, 5.74) is 2.95. The average Bonchev–Trinajstić information content (AvgIpc) is 3.27. The molecule has 0 saturated heterocycles. The van der Waals surface area contributed by atoms with E-state index in [-0.39, 0.29) is 5.75 Å². The van der Waals surface area contributed by atoms with Crippen LogP contribution >= 0.6 is 11.3 Å². The Morgan fingerprint density at radius 3 is 2.69 bits per heavy atom. The number of hydrogen-bond acceptors (Lipinski definition) is 4. The van der Waals surface area contributed by atoms with E-state index in [0.717, 1.165) is 34.8 Å². The summed E-state index contributed by atoms with van der Waals surface area (Å²) in [5.74, 6) is 0.142. The fourth-order valence-electron chi connectivity index (χ4n) is 3.24. The molecule has 0 saturated carbocycles. The molecule has 1 aromatic carbocycles. The van der Waals surface area contributed by atoms with Gasteiger partial charge in [-0.2, -0.15) is 9.40 Å². The van der Waals surface area contributed by atoms with Crippen molar-refractivity contribution in [1.82, 2.24) is 14.1 Å². The van der Waals surface area contributed by atoms with E-state index in [1.165, 1.54) is 0 Å². The largest absolute Gasteiger partial charge is 0.268 e. The maximum atomic E-state index is 12.9. The molecule has 0 N–H and O–H groups in total. The summed E-state index contributed by atoms with van der Waals surface area (Å²) in [7, 11) is -3.30. The lowest BCUT2D eigenvalue weighted by molar-refractivity contribution is 0.410. The van der Waals surface area contributed by atoms with Crippen LogP contribution in [0.5, 0.6) is 0 Å². The Balaban J connectivity index is 1.51. The van der Waals surface area contributed by atoms with Crippen LogP contribution in [0.4, 0.5) is 0 Å². The van der Waals surface area contributed by atoms with Gasteiger partial charge in [-0.25, -0.2) is 8.42 Å². The molecule has 3 heterocycles. The molecule has 5 nitrogen and oxygen atoms in total. The molecule has 26 heavy (non-hydrogen) atoms. The van der Waals surface area contributed by atoms with Gasteiger partial charge in [-0.1, -0.05) is 36.4 Å². The molecule has 0 unspecified atom stereocenters. The first kappa shape index (κ1) is 17.5. The Bertz CT molecular complexity index is 964. The lowest BCUT2D eigenvalue weighted by Crippen LogP contribution is -2.33. The van der Waals surface area contributed by atoms with Gasteiger partial charge < -0.3 is 0 Å². The second-order valence-electron chi connectivity index (χ2n) is 6.46. The van der Waals surface area contributed by atoms with E-state index in [0.29, 0.717) is 19.5 Å². The molecule has 0 fully saturated rings. The summed E-state index contributed by atoms with van der Waals surface area (Å²) in [4.78, 5) is 1.11. The maximum absolute atomic E-state index is 12.9. The van der Waals surface area contributed by atoms with Crippen molar-refractivity contribution in [1.29, 1.82) is 0 Å². The number of sulfonamides is 1. The molecule has 0 spiro atoms. The molecule has 3 aromatic rings. The van der Waals surface area contributed by atoms with Gasteiger partial charge in [-0.15, -0.1) is 11.3 Å². The molecule has 7 heteroatoms. The molecule has 0 aliphatic carbocycles. The topological polar surface area (TPSA) is 55.2 Å². The molecule has 136 valence electrons. The Morgan fingerprint density at radius 1 is 1.08 bits per heavy atom. The summed E-state index contributed by atoms with van der Waals surface area (Å²) in [6.45, 7) is 1.70. The second kappa shape index (κ2) is 7.34. The minimum absolute atomic E-state index is 0.142. The molecule has 0 atom stereocenters. The first-order valence-electron chi connectivity index (χ1n) is 8.74. The summed E-state index contributed by atoms with van der Waals surface area (Å²) < 4.78 is 29.3. The minimum atomic E-state index is -3.30. The zero-order chi connectivity index (χ0) is 18.0. The zero-order valence-electron chi connectivity index (χ0n) is 14.4. The van der Waals surface area contributed by atoms with Gasteiger partial charge in [0, 0.05) is 13.1 Å². The third-order valence-corrected chi connectivity index (χ3v) is 7.35. The van der Waals surface area contributed by atoms with Crippen molar-refractivity contribution in [3.05, 3.63) is 65.2 Å². The minimum Gasteiger partial charge on any atom is -0.268 e. The molecule has 1 aliphatic heterocycles. The fourth-order valence-corrected chi connectivity index (χ4v) is 5.41. The number of fused-ring (bicyclic) bond motifs is 1. The number of hydrogen-bond donors (Lipinski definition) is 0. The van der Waals surface area contributed by atoms with Gasteiger partial charge in [0.1, 0.15) is 5.69 Å². The van der Waals surface area contributed by atoms with Crippen molar-refractivity contribution in [2.45, 2.75) is 25.9 Å². The monoisotopic (exact) mass is 387 g/mol. The van der Waals surface area contributed by atoms with Gasteiger partial charge in [0.25, 0.3) is 0 Å². The quantitative estimate of drug-likeness (QED) is 0.674. The number of aryl methyl sites for hydroxylation is 2. The third-order valence-electron chi connectivity index (χ3n) is 4.64. The van der Waals surface area contributed by atoms with Gasteiger partial charge >= 0.3 is 0 Å². The van der Waals surface area contributed by atoms with Crippen LogP contribution in [0, 0.1) is 0 Å². The van der Waals surface area contributed by atoms with Crippen LogP contribution < -0.4 is 0 Å². The smallest absolute Gasteiger partial charge is 0.214 e. The van der Waals surface area contributed by atoms with Crippen molar-refractivity contribution in [2.24, 2.45) is 0 Å². The van der Waals surface area contributed by atoms with Crippen LogP contribution in [0.1, 0.15) is 17.7 Å². The highest BCUT2D eigenvalue weighted by Gasteiger charge is 2.26. The van der Waals surface area contributed by atoms with E-state index in [1.807, 2.05) is 58.6 Å². The SMILES string of the molecule is O=S(=O)(CCc1ccccc1)N1CCCn2nc(-c3cccs3)cc2C1. The van der Waals surface area contributed by atoms with Crippen LogP contribution in [-0.2, 0) is 29.5 Å². The number of aromatic nitrogens is 2. The van der Waals surface area contributed by atoms with Gasteiger partial charge in [0.2, 0.25) is 10.0 Å². The lowest BCUT2D eigenvalue weighted by Gasteiger charge is -2.19. The number of thiophene rings is 1. The Labute approximate surface area is 157 Å². The standard InChI is InChI=1S/C19H21N3O2S2/c23-26(24,13-9-16-6-2-1-3-7-16)21-10-5-11-22-17(15-21)14-18(20-22)19-8-4-12-25-19/h1-4,6-8,12,14H,5,9-11,13,15H2. The van der Waals surface area contributed by atoms with Crippen LogP contribution in [0.25, 0.3) is 10.6 Å². The molecule has 1 aliphatic rings. The first-order chi connectivity index (χ1) is 12.6. The van der Waals surface area contributed by atoms with Gasteiger partial charge in [-0.05, 0) is 35.9 Å². The fraction of sp³-hybridized carbons (Fsp3) is 0.316. The summed E-state index contributed by atoms with van der Waals surface area (Å²) in [6, 6.07) is 15.8. The molecule has 2 aromatic heterocycles. The molecular weight excluding hydrogens is 366 g/mol. The van der Waals surface area contributed by atoms with Crippen molar-refractivity contribution >= 4 is 21.4 Å². The van der Waals surface area contributed by atoms with Crippen LogP contribution in [0.2, 0.25) is 0 Å². The number of benzene rings is 1. The Hall–Kier alpha value is -1.96. The van der Waals surface area contributed by atoms with E-state index in [4.69, 9.17) is 0 Å². The highest BCUT2D eigenvalue weighted by molar-refractivity contribution is 7.89. The van der Waals surface area contributed by atoms with E-state index < -0.39 is 10.0 Å². The average molecular weight is 388 g/mol. The zero-order valence-corrected chi connectivity index (χ0v) is 16.0. The van der Waals surface area contributed by atoms with E-state index in [9.17, 15) is 8.42 Å². The Morgan fingerprint density at radius 2 is 1.92 bits per heavy atom. The summed E-state index contributed by atoms with van der Waals surface area (Å²) in [5, 5.41) is 6.70. The molecule has 0 bridgehead atoms. The highest BCUT2D eigenvalue weighted by Crippen LogP contribution is 2.26. The maximum Gasteiger partial charge on any atom is 0.214 e. The van der Waals surface area contributed by atoms with Crippen LogP contribution in [0.3, 0.4) is 0 Å². The Kier molecular flexibility index (Phi) is 4.93. The van der Waals surface area contributed by atoms with Crippen LogP contribution in [-0.4, -0.2) is 34.8 Å². The predicted molar refractivity (Wildman–Crippen MR) is 104 cm³/mol. The number of rotatable bonds is 5. The molecular formula is C19H21N3O2S2. The second-order valence-corrected chi connectivity index (χ2v) is 9.50. The van der Waals surface area contributed by atoms with E-state index in [2.05, 4.69) is 5.10 Å². The highest BCUT2D eigenvalue weighted by atomic mass is 32.2. The van der Waals surface area contributed by atoms with Crippen molar-refractivity contribution < 1.29 is 8.42 Å².